The number of imidazole rings is 1. The number of H-pyrrole nitrogens is 1. The van der Waals surface area contributed by atoms with Gasteiger partial charge in [-0.05, 0) is 31.0 Å². The van der Waals surface area contributed by atoms with Gasteiger partial charge in [-0.2, -0.15) is 0 Å². The van der Waals surface area contributed by atoms with Crippen LogP contribution in [0.5, 0.6) is 0 Å². The molecule has 38 heavy (non-hydrogen) atoms. The van der Waals surface area contributed by atoms with Crippen LogP contribution in [0.1, 0.15) is 23.2 Å². The number of ether oxygens (including phenoxy) is 1. The molecule has 3 N–H and O–H groups in total. The Bertz CT molecular complexity index is 1550. The molecule has 0 atom stereocenters. The first kappa shape index (κ1) is 24.1. The van der Waals surface area contributed by atoms with Gasteiger partial charge < -0.3 is 29.8 Å². The number of fused-ring (bicyclic) bond motifs is 1. The van der Waals surface area contributed by atoms with Crippen LogP contribution in [0.3, 0.4) is 0 Å². The number of anilines is 2. The number of carbonyl (C=O) groups excluding carboxylic acids is 2. The minimum absolute atomic E-state index is 0.0241. The van der Waals surface area contributed by atoms with Crippen molar-refractivity contribution in [2.75, 3.05) is 43.6 Å². The Morgan fingerprint density at radius 2 is 1.95 bits per heavy atom. The molecule has 0 bridgehead atoms. The summed E-state index contributed by atoms with van der Waals surface area (Å²) in [4.78, 5) is 39.3. The second-order valence-corrected chi connectivity index (χ2v) is 9.65. The number of benzene rings is 1. The van der Waals surface area contributed by atoms with Gasteiger partial charge in [0.05, 0.1) is 35.6 Å². The maximum absolute atomic E-state index is 16.1. The zero-order valence-corrected chi connectivity index (χ0v) is 21.2. The highest BCUT2D eigenvalue weighted by atomic mass is 19.1. The molecule has 196 valence electrons. The molecule has 2 aliphatic rings. The first-order valence-corrected chi connectivity index (χ1v) is 12.6. The maximum atomic E-state index is 16.1. The molecule has 1 aromatic carbocycles. The largest absolute Gasteiger partial charge is 0.378 e. The Labute approximate surface area is 218 Å². The van der Waals surface area contributed by atoms with E-state index >= 15 is 4.39 Å². The molecule has 1 aliphatic carbocycles. The molecular formula is C27H28FN7O3. The van der Waals surface area contributed by atoms with Gasteiger partial charge in [0.1, 0.15) is 11.6 Å². The fourth-order valence-electron chi connectivity index (χ4n) is 4.91. The van der Waals surface area contributed by atoms with Crippen LogP contribution in [0.15, 0.2) is 36.8 Å². The minimum atomic E-state index is -0.434. The van der Waals surface area contributed by atoms with Gasteiger partial charge in [0.15, 0.2) is 5.82 Å². The van der Waals surface area contributed by atoms with E-state index in [1.807, 2.05) is 23.9 Å². The Morgan fingerprint density at radius 1 is 1.16 bits per heavy atom. The highest BCUT2D eigenvalue weighted by Crippen LogP contribution is 2.40. The van der Waals surface area contributed by atoms with Gasteiger partial charge in [-0.3, -0.25) is 9.59 Å². The number of morpholine rings is 1. The van der Waals surface area contributed by atoms with Crippen molar-refractivity contribution >= 4 is 34.2 Å². The summed E-state index contributed by atoms with van der Waals surface area (Å²) in [6.45, 7) is 2.26. The number of aromatic nitrogens is 4. The third-order valence-corrected chi connectivity index (χ3v) is 7.10. The average molecular weight is 518 g/mol. The molecule has 11 heteroatoms. The van der Waals surface area contributed by atoms with E-state index in [4.69, 9.17) is 4.74 Å². The van der Waals surface area contributed by atoms with Crippen LogP contribution in [0.4, 0.5) is 15.9 Å². The number of hydrogen-bond acceptors (Lipinski definition) is 6. The number of aromatic amines is 1. The lowest BCUT2D eigenvalue weighted by Gasteiger charge is -2.31. The van der Waals surface area contributed by atoms with Gasteiger partial charge in [0, 0.05) is 68.3 Å². The van der Waals surface area contributed by atoms with Crippen LogP contribution in [0.25, 0.3) is 33.5 Å². The van der Waals surface area contributed by atoms with Gasteiger partial charge in [-0.1, -0.05) is 0 Å². The summed E-state index contributed by atoms with van der Waals surface area (Å²) in [5.41, 5.74) is 2.98. The molecule has 1 aliphatic heterocycles. The second-order valence-electron chi connectivity index (χ2n) is 9.65. The van der Waals surface area contributed by atoms with E-state index in [2.05, 4.69) is 30.5 Å². The van der Waals surface area contributed by atoms with Crippen molar-refractivity contribution in [3.8, 4) is 22.6 Å². The van der Waals surface area contributed by atoms with Crippen LogP contribution >= 0.6 is 0 Å². The van der Waals surface area contributed by atoms with Crippen molar-refractivity contribution in [3.63, 3.8) is 0 Å². The number of pyridine rings is 1. The van der Waals surface area contributed by atoms with Gasteiger partial charge >= 0.3 is 0 Å². The summed E-state index contributed by atoms with van der Waals surface area (Å²) in [5.74, 6) is 0.0708. The summed E-state index contributed by atoms with van der Waals surface area (Å²) in [6.07, 6.45) is 6.62. The highest BCUT2D eigenvalue weighted by Gasteiger charge is 2.31. The monoisotopic (exact) mass is 517 g/mol. The molecule has 2 amide bonds. The Hall–Kier alpha value is -4.25. The SMILES string of the molecule is CNC(=O)c1cnc(NC(=O)C2CC2)c2[nH]c(-c3c(F)cc(-c4nccn4C)cc3N3CCOCC3)cc12. The van der Waals surface area contributed by atoms with E-state index in [9.17, 15) is 9.59 Å². The summed E-state index contributed by atoms with van der Waals surface area (Å²) in [5, 5.41) is 6.05. The normalized spacial score (nSPS) is 15.6. The lowest BCUT2D eigenvalue weighted by molar-refractivity contribution is -0.117. The number of hydrogen-bond donors (Lipinski definition) is 3. The van der Waals surface area contributed by atoms with Gasteiger partial charge in [0.2, 0.25) is 5.91 Å². The van der Waals surface area contributed by atoms with Gasteiger partial charge in [-0.15, -0.1) is 0 Å². The Morgan fingerprint density at radius 3 is 2.63 bits per heavy atom. The van der Waals surface area contributed by atoms with Crippen LogP contribution in [-0.4, -0.2) is 64.7 Å². The summed E-state index contributed by atoms with van der Waals surface area (Å²) < 4.78 is 23.5. The van der Waals surface area contributed by atoms with E-state index in [0.717, 1.165) is 12.8 Å². The number of halogens is 1. The van der Waals surface area contributed by atoms with Crippen LogP contribution in [-0.2, 0) is 16.6 Å². The average Bonchev–Trinajstić information content (AvgIpc) is 3.55. The standard InChI is InChI=1S/C27H28FN7O3/c1-29-27(37)18-14-31-24(33-26(36)15-3-4-15)23-17(18)13-20(32-23)22-19(28)11-16(25-30-5-6-34(25)2)12-21(22)35-7-9-38-10-8-35/h5-6,11-15,32H,3-4,7-10H2,1-2H3,(H,29,37)(H,31,33,36). The molecule has 3 aromatic heterocycles. The molecule has 4 heterocycles. The third-order valence-electron chi connectivity index (χ3n) is 7.10. The zero-order valence-electron chi connectivity index (χ0n) is 21.2. The molecule has 10 nitrogen and oxygen atoms in total. The first-order valence-electron chi connectivity index (χ1n) is 12.6. The van der Waals surface area contributed by atoms with Crippen molar-refractivity contribution in [1.29, 1.82) is 0 Å². The molecule has 4 aromatic rings. The van der Waals surface area contributed by atoms with E-state index in [-0.39, 0.29) is 17.7 Å². The van der Waals surface area contributed by atoms with Crippen LogP contribution < -0.4 is 15.5 Å². The molecule has 1 saturated heterocycles. The molecular weight excluding hydrogens is 489 g/mol. The van der Waals surface area contributed by atoms with E-state index in [0.29, 0.717) is 76.9 Å². The molecule has 2 fully saturated rings. The lowest BCUT2D eigenvalue weighted by Crippen LogP contribution is -2.36. The van der Waals surface area contributed by atoms with Gasteiger partial charge in [-0.25, -0.2) is 14.4 Å². The number of carbonyl (C=O) groups is 2. The predicted molar refractivity (Wildman–Crippen MR) is 141 cm³/mol. The van der Waals surface area contributed by atoms with E-state index in [1.165, 1.54) is 19.3 Å². The van der Waals surface area contributed by atoms with Crippen molar-refractivity contribution in [2.24, 2.45) is 13.0 Å². The summed E-state index contributed by atoms with van der Waals surface area (Å²) in [6, 6.07) is 5.16. The minimum Gasteiger partial charge on any atom is -0.378 e. The van der Waals surface area contributed by atoms with Crippen molar-refractivity contribution in [2.45, 2.75) is 12.8 Å². The highest BCUT2D eigenvalue weighted by molar-refractivity contribution is 6.11. The van der Waals surface area contributed by atoms with Crippen molar-refractivity contribution < 1.29 is 18.7 Å². The number of rotatable bonds is 6. The third kappa shape index (κ3) is 4.28. The Balaban J connectivity index is 1.53. The van der Waals surface area contributed by atoms with Crippen LogP contribution in [0, 0.1) is 11.7 Å². The second kappa shape index (κ2) is 9.56. The van der Waals surface area contributed by atoms with Crippen LogP contribution in [0.2, 0.25) is 0 Å². The number of nitrogens with zero attached hydrogens (tertiary/aromatic N) is 4. The summed E-state index contributed by atoms with van der Waals surface area (Å²) in [7, 11) is 3.40. The topological polar surface area (TPSA) is 117 Å². The first-order chi connectivity index (χ1) is 18.4. The lowest BCUT2D eigenvalue weighted by atomic mass is 10.0. The molecule has 0 unspecified atom stereocenters. The van der Waals surface area contributed by atoms with Crippen molar-refractivity contribution in [1.82, 2.24) is 24.8 Å². The molecule has 0 radical (unpaired) electrons. The fraction of sp³-hybridized carbons (Fsp3) is 0.333. The fourth-order valence-corrected chi connectivity index (χ4v) is 4.91. The number of aryl methyl sites for hydroxylation is 1. The zero-order chi connectivity index (χ0) is 26.4. The van der Waals surface area contributed by atoms with Crippen molar-refractivity contribution in [3.05, 3.63) is 48.2 Å². The quantitative estimate of drug-likeness (QED) is 0.361. The summed E-state index contributed by atoms with van der Waals surface area (Å²) >= 11 is 0. The smallest absolute Gasteiger partial charge is 0.253 e. The Kier molecular flexibility index (Phi) is 6.07. The number of amides is 2. The predicted octanol–water partition coefficient (Wildman–Crippen LogP) is 3.31. The maximum Gasteiger partial charge on any atom is 0.253 e. The molecule has 6 rings (SSSR count). The molecule has 1 saturated carbocycles. The van der Waals surface area contributed by atoms with Gasteiger partial charge in [0.25, 0.3) is 5.91 Å². The van der Waals surface area contributed by atoms with E-state index < -0.39 is 5.82 Å². The van der Waals surface area contributed by atoms with E-state index in [1.54, 1.807) is 12.3 Å². The number of nitrogens with one attached hydrogen (secondary N) is 3. The molecule has 0 spiro atoms.